The fourth-order valence-electron chi connectivity index (χ4n) is 3.56. The van der Waals surface area contributed by atoms with Crippen LogP contribution in [0.3, 0.4) is 0 Å². The highest BCUT2D eigenvalue weighted by molar-refractivity contribution is 7.89. The van der Waals surface area contributed by atoms with E-state index in [1.54, 1.807) is 24.1 Å². The fourth-order valence-corrected chi connectivity index (χ4v) is 5.63. The molecular formula is C19H25N5O5S2. The topological polar surface area (TPSA) is 117 Å². The summed E-state index contributed by atoms with van der Waals surface area (Å²) in [6, 6.07) is 4.01. The Morgan fingerprint density at radius 3 is 2.39 bits per heavy atom. The smallest absolute Gasteiger partial charge is 0.293 e. The van der Waals surface area contributed by atoms with Gasteiger partial charge in [0.25, 0.3) is 11.6 Å². The highest BCUT2D eigenvalue weighted by Gasteiger charge is 2.30. The lowest BCUT2D eigenvalue weighted by Gasteiger charge is -2.35. The minimum Gasteiger partial charge on any atom is -0.362 e. The van der Waals surface area contributed by atoms with Crippen molar-refractivity contribution in [1.29, 1.82) is 0 Å². The second kappa shape index (κ2) is 9.28. The van der Waals surface area contributed by atoms with E-state index >= 15 is 0 Å². The summed E-state index contributed by atoms with van der Waals surface area (Å²) in [5, 5.41) is 14.3. The zero-order valence-corrected chi connectivity index (χ0v) is 19.3. The summed E-state index contributed by atoms with van der Waals surface area (Å²) >= 11 is 1.41. The molecule has 3 rings (SSSR count). The average molecular weight is 468 g/mol. The molecule has 0 aliphatic carbocycles. The second-order valence-corrected chi connectivity index (χ2v) is 10.0. The number of hydrogen-bond acceptors (Lipinski definition) is 8. The maximum absolute atomic E-state index is 12.8. The number of anilines is 1. The van der Waals surface area contributed by atoms with E-state index in [2.05, 4.69) is 4.98 Å². The van der Waals surface area contributed by atoms with Crippen molar-refractivity contribution >= 4 is 38.6 Å². The number of sulfonamides is 1. The Balaban J connectivity index is 1.80. The van der Waals surface area contributed by atoms with Crippen LogP contribution in [0.4, 0.5) is 11.4 Å². The molecule has 0 radical (unpaired) electrons. The molecule has 1 fully saturated rings. The molecule has 12 heteroatoms. The van der Waals surface area contributed by atoms with Crippen LogP contribution < -0.4 is 4.90 Å². The minimum absolute atomic E-state index is 0.0978. The number of aryl methyl sites for hydroxylation is 1. The van der Waals surface area contributed by atoms with Crippen molar-refractivity contribution in [2.24, 2.45) is 0 Å². The van der Waals surface area contributed by atoms with Gasteiger partial charge in [-0.05, 0) is 19.1 Å². The van der Waals surface area contributed by atoms with E-state index < -0.39 is 14.9 Å². The van der Waals surface area contributed by atoms with Gasteiger partial charge in [0, 0.05) is 50.7 Å². The van der Waals surface area contributed by atoms with Crippen molar-refractivity contribution in [3.05, 3.63) is 44.4 Å². The molecule has 2 aromatic rings. The summed E-state index contributed by atoms with van der Waals surface area (Å²) in [6.07, 6.45) is 0. The number of carbonyl (C=O) groups is 1. The minimum atomic E-state index is -3.80. The molecule has 0 N–H and O–H groups in total. The Bertz CT molecular complexity index is 1070. The van der Waals surface area contributed by atoms with Gasteiger partial charge < -0.3 is 9.80 Å². The molecular weight excluding hydrogens is 442 g/mol. The average Bonchev–Trinajstić information content (AvgIpc) is 3.19. The Morgan fingerprint density at radius 2 is 1.87 bits per heavy atom. The number of nitro groups is 1. The Kier molecular flexibility index (Phi) is 6.92. The summed E-state index contributed by atoms with van der Waals surface area (Å²) in [7, 11) is -3.80. The van der Waals surface area contributed by atoms with Gasteiger partial charge in [-0.1, -0.05) is 13.8 Å². The molecule has 31 heavy (non-hydrogen) atoms. The number of benzene rings is 1. The Hall–Kier alpha value is -2.57. The molecule has 10 nitrogen and oxygen atoms in total. The first-order valence-corrected chi connectivity index (χ1v) is 12.3. The van der Waals surface area contributed by atoms with E-state index in [9.17, 15) is 23.3 Å². The van der Waals surface area contributed by atoms with Crippen molar-refractivity contribution in [2.45, 2.75) is 25.7 Å². The van der Waals surface area contributed by atoms with Gasteiger partial charge in [-0.15, -0.1) is 11.3 Å². The fraction of sp³-hybridized carbons (Fsp3) is 0.474. The maximum Gasteiger partial charge on any atom is 0.293 e. The summed E-state index contributed by atoms with van der Waals surface area (Å²) in [4.78, 5) is 31.3. The van der Waals surface area contributed by atoms with E-state index in [4.69, 9.17) is 0 Å². The van der Waals surface area contributed by atoms with E-state index in [1.165, 1.54) is 27.8 Å². The van der Waals surface area contributed by atoms with E-state index in [0.29, 0.717) is 37.6 Å². The van der Waals surface area contributed by atoms with Gasteiger partial charge in [-0.25, -0.2) is 13.4 Å². The van der Waals surface area contributed by atoms with E-state index in [0.717, 1.165) is 11.1 Å². The molecule has 0 bridgehead atoms. The molecule has 0 unspecified atom stereocenters. The van der Waals surface area contributed by atoms with Crippen molar-refractivity contribution in [1.82, 2.24) is 14.2 Å². The number of thiazole rings is 1. The number of amides is 1. The van der Waals surface area contributed by atoms with Crippen LogP contribution in [-0.2, 0) is 10.0 Å². The first kappa shape index (κ1) is 23.1. The summed E-state index contributed by atoms with van der Waals surface area (Å²) in [5.74, 6) is -0.154. The van der Waals surface area contributed by atoms with Crippen LogP contribution in [0.15, 0.2) is 28.5 Å². The lowest BCUT2D eigenvalue weighted by atomic mass is 10.2. The highest BCUT2D eigenvalue weighted by Crippen LogP contribution is 2.32. The van der Waals surface area contributed by atoms with Gasteiger partial charge in [0.05, 0.1) is 14.8 Å². The van der Waals surface area contributed by atoms with Crippen molar-refractivity contribution in [3.8, 4) is 0 Å². The predicted molar refractivity (Wildman–Crippen MR) is 118 cm³/mol. The summed E-state index contributed by atoms with van der Waals surface area (Å²) in [6.45, 7) is 7.43. The zero-order valence-electron chi connectivity index (χ0n) is 17.6. The number of nitrogens with zero attached hydrogens (tertiary/aromatic N) is 5. The van der Waals surface area contributed by atoms with Gasteiger partial charge in [-0.2, -0.15) is 4.31 Å². The molecule has 1 aromatic carbocycles. The van der Waals surface area contributed by atoms with E-state index in [1.807, 2.05) is 11.8 Å². The standard InChI is InChI=1S/C19H25N5O5S2/c1-4-23(5-2)31(28,29)15-6-7-17(18(12-15)24(26)27)21-8-10-22(11-9-21)19(25)16-13-30-14(3)20-16/h6-7,12-13H,4-5,8-11H2,1-3H3. The third kappa shape index (κ3) is 4.70. The molecule has 1 amide bonds. The van der Waals surface area contributed by atoms with Crippen LogP contribution in [-0.4, -0.2) is 72.7 Å². The summed E-state index contributed by atoms with van der Waals surface area (Å²) in [5.41, 5.74) is 0.496. The molecule has 1 saturated heterocycles. The number of aromatic nitrogens is 1. The lowest BCUT2D eigenvalue weighted by molar-refractivity contribution is -0.384. The van der Waals surface area contributed by atoms with Crippen LogP contribution in [0, 0.1) is 17.0 Å². The molecule has 0 saturated carbocycles. The maximum atomic E-state index is 12.8. The van der Waals surface area contributed by atoms with Crippen molar-refractivity contribution < 1.29 is 18.1 Å². The number of carbonyl (C=O) groups excluding carboxylic acids is 1. The van der Waals surface area contributed by atoms with Crippen LogP contribution in [0.5, 0.6) is 0 Å². The predicted octanol–water partition coefficient (Wildman–Crippen LogP) is 2.35. The van der Waals surface area contributed by atoms with Crippen LogP contribution >= 0.6 is 11.3 Å². The third-order valence-electron chi connectivity index (χ3n) is 5.23. The molecule has 0 atom stereocenters. The number of nitro benzene ring substituents is 1. The first-order valence-electron chi connectivity index (χ1n) is 9.94. The largest absolute Gasteiger partial charge is 0.362 e. The molecule has 1 aliphatic heterocycles. The summed E-state index contributed by atoms with van der Waals surface area (Å²) < 4.78 is 26.8. The van der Waals surface area contributed by atoms with E-state index in [-0.39, 0.29) is 29.6 Å². The molecule has 168 valence electrons. The zero-order chi connectivity index (χ0) is 22.8. The van der Waals surface area contributed by atoms with Gasteiger partial charge >= 0.3 is 0 Å². The molecule has 1 aliphatic rings. The molecule has 1 aromatic heterocycles. The van der Waals surface area contributed by atoms with Crippen LogP contribution in [0.25, 0.3) is 0 Å². The van der Waals surface area contributed by atoms with Gasteiger partial charge in [0.1, 0.15) is 11.4 Å². The highest BCUT2D eigenvalue weighted by atomic mass is 32.2. The Morgan fingerprint density at radius 1 is 1.23 bits per heavy atom. The Labute approximate surface area is 185 Å². The van der Waals surface area contributed by atoms with Crippen molar-refractivity contribution in [3.63, 3.8) is 0 Å². The quantitative estimate of drug-likeness (QED) is 0.453. The molecule has 0 spiro atoms. The lowest BCUT2D eigenvalue weighted by Crippen LogP contribution is -2.49. The van der Waals surface area contributed by atoms with Crippen LogP contribution in [0.2, 0.25) is 0 Å². The number of rotatable bonds is 7. The second-order valence-electron chi connectivity index (χ2n) is 7.03. The number of hydrogen-bond donors (Lipinski definition) is 0. The molecule has 2 heterocycles. The first-order chi connectivity index (χ1) is 14.7. The normalized spacial score (nSPS) is 14.8. The third-order valence-corrected chi connectivity index (χ3v) is 8.05. The van der Waals surface area contributed by atoms with Gasteiger partial charge in [0.15, 0.2) is 0 Å². The SMILES string of the molecule is CCN(CC)S(=O)(=O)c1ccc(N2CCN(C(=O)c3csc(C)n3)CC2)c([N+](=O)[O-])c1. The monoisotopic (exact) mass is 467 g/mol. The van der Waals surface area contributed by atoms with Gasteiger partial charge in [0.2, 0.25) is 10.0 Å². The number of piperazine rings is 1. The van der Waals surface area contributed by atoms with Gasteiger partial charge in [-0.3, -0.25) is 14.9 Å². The van der Waals surface area contributed by atoms with Crippen LogP contribution in [0.1, 0.15) is 29.3 Å². The van der Waals surface area contributed by atoms with Crippen molar-refractivity contribution in [2.75, 3.05) is 44.2 Å².